The zero-order valence-corrected chi connectivity index (χ0v) is 18.5. The molecule has 0 saturated carbocycles. The first-order chi connectivity index (χ1) is 10.7. The van der Waals surface area contributed by atoms with Gasteiger partial charge < -0.3 is 0 Å². The van der Waals surface area contributed by atoms with Crippen LogP contribution in [0.3, 0.4) is 0 Å². The number of rotatable bonds is 17. The summed E-state index contributed by atoms with van der Waals surface area (Å²) < 4.78 is 0. The van der Waals surface area contributed by atoms with Crippen LogP contribution in [0.15, 0.2) is 0 Å². The summed E-state index contributed by atoms with van der Waals surface area (Å²) in [6.07, 6.45) is 18.9. The predicted octanol–water partition coefficient (Wildman–Crippen LogP) is 8.57. The zero-order valence-electron chi connectivity index (χ0n) is 15.9. The molecule has 134 valence electrons. The van der Waals surface area contributed by atoms with Crippen molar-refractivity contribution >= 4 is 24.0 Å². The van der Waals surface area contributed by atoms with Gasteiger partial charge in [0.2, 0.25) is 0 Å². The van der Waals surface area contributed by atoms with E-state index in [-0.39, 0.29) is 0 Å². The van der Waals surface area contributed by atoms with E-state index >= 15 is 0 Å². The van der Waals surface area contributed by atoms with Gasteiger partial charge in [0.15, 0.2) is 0 Å². The third-order valence-electron chi connectivity index (χ3n) is 5.18. The van der Waals surface area contributed by atoms with Gasteiger partial charge in [-0.3, -0.25) is 0 Å². The van der Waals surface area contributed by atoms with E-state index in [1.165, 1.54) is 88.8 Å². The molecule has 2 heteroatoms. The molecule has 0 aromatic rings. The van der Waals surface area contributed by atoms with Crippen molar-refractivity contribution in [3.63, 3.8) is 0 Å². The number of hydrogen-bond donors (Lipinski definition) is 0. The van der Waals surface area contributed by atoms with Gasteiger partial charge in [0.05, 0.1) is 8.07 Å². The first kappa shape index (κ1) is 22.7. The van der Waals surface area contributed by atoms with Crippen molar-refractivity contribution in [1.82, 2.24) is 0 Å². The van der Waals surface area contributed by atoms with Crippen LogP contribution in [0, 0.1) is 0 Å². The van der Waals surface area contributed by atoms with Crippen molar-refractivity contribution in [2.45, 2.75) is 122 Å². The monoisotopic (exact) mass is 390 g/mol. The molecular weight excluding hydrogens is 348 g/mol. The maximum Gasteiger partial charge on any atom is 0.0504 e. The molecule has 0 radical (unpaired) electrons. The SMILES string of the molecule is CCCC[Si](C)(CCCC)CCCCCCCCCCCBr. The summed E-state index contributed by atoms with van der Waals surface area (Å²) >= 11 is 3.51. The van der Waals surface area contributed by atoms with Crippen molar-refractivity contribution in [2.24, 2.45) is 0 Å². The molecule has 0 unspecified atom stereocenters. The van der Waals surface area contributed by atoms with Gasteiger partial charge in [0, 0.05) is 5.33 Å². The average Bonchev–Trinajstić information content (AvgIpc) is 2.53. The van der Waals surface area contributed by atoms with Crippen LogP contribution in [0.4, 0.5) is 0 Å². The van der Waals surface area contributed by atoms with Crippen molar-refractivity contribution in [2.75, 3.05) is 5.33 Å². The summed E-state index contributed by atoms with van der Waals surface area (Å²) in [5.74, 6) is 0. The number of hydrogen-bond acceptors (Lipinski definition) is 0. The summed E-state index contributed by atoms with van der Waals surface area (Å²) in [5.41, 5.74) is 0. The smallest absolute Gasteiger partial charge is 0.0504 e. The molecule has 0 aromatic heterocycles. The van der Waals surface area contributed by atoms with Crippen molar-refractivity contribution in [3.8, 4) is 0 Å². The standard InChI is InChI=1S/C20H43BrSi/c1-4-6-18-22(3,19-7-5-2)20-16-14-12-10-8-9-11-13-15-17-21/h4-20H2,1-3H3. The van der Waals surface area contributed by atoms with Crippen LogP contribution in [0.25, 0.3) is 0 Å². The van der Waals surface area contributed by atoms with Crippen LogP contribution >= 0.6 is 15.9 Å². The minimum atomic E-state index is -0.886. The van der Waals surface area contributed by atoms with Crippen molar-refractivity contribution in [3.05, 3.63) is 0 Å². The van der Waals surface area contributed by atoms with E-state index in [1.54, 1.807) is 18.1 Å². The van der Waals surface area contributed by atoms with E-state index in [1.807, 2.05) is 0 Å². The van der Waals surface area contributed by atoms with Gasteiger partial charge in [-0.15, -0.1) is 0 Å². The highest BCUT2D eigenvalue weighted by molar-refractivity contribution is 9.09. The number of halogens is 1. The first-order valence-corrected chi connectivity index (χ1v) is 14.5. The first-order valence-electron chi connectivity index (χ1n) is 10.2. The Bertz CT molecular complexity index is 210. The molecule has 0 aromatic carbocycles. The van der Waals surface area contributed by atoms with E-state index in [2.05, 4.69) is 36.3 Å². The number of alkyl halides is 1. The second kappa shape index (κ2) is 16.6. The minimum Gasteiger partial charge on any atom is -0.0928 e. The Hall–Kier alpha value is 0.697. The van der Waals surface area contributed by atoms with Crippen molar-refractivity contribution < 1.29 is 0 Å². The molecule has 0 aliphatic rings. The zero-order chi connectivity index (χ0) is 16.5. The molecule has 0 bridgehead atoms. The highest BCUT2D eigenvalue weighted by Crippen LogP contribution is 2.28. The lowest BCUT2D eigenvalue weighted by molar-refractivity contribution is 0.572. The fourth-order valence-electron chi connectivity index (χ4n) is 3.47. The molecule has 0 aliphatic heterocycles. The summed E-state index contributed by atoms with van der Waals surface area (Å²) in [4.78, 5) is 0. The lowest BCUT2D eigenvalue weighted by Gasteiger charge is -2.27. The highest BCUT2D eigenvalue weighted by Gasteiger charge is 2.24. The molecule has 0 spiro atoms. The molecule has 0 N–H and O–H groups in total. The Morgan fingerprint density at radius 2 is 0.909 bits per heavy atom. The molecule has 0 fully saturated rings. The van der Waals surface area contributed by atoms with E-state index in [0.29, 0.717) is 0 Å². The number of unbranched alkanes of at least 4 members (excludes halogenated alkanes) is 10. The largest absolute Gasteiger partial charge is 0.0928 e. The summed E-state index contributed by atoms with van der Waals surface area (Å²) in [6.45, 7) is 7.40. The van der Waals surface area contributed by atoms with Gasteiger partial charge in [-0.25, -0.2) is 0 Å². The Kier molecular flexibility index (Phi) is 17.1. The van der Waals surface area contributed by atoms with Crippen LogP contribution in [-0.4, -0.2) is 13.4 Å². The second-order valence-corrected chi connectivity index (χ2v) is 13.6. The minimum absolute atomic E-state index is 0.886. The predicted molar refractivity (Wildman–Crippen MR) is 111 cm³/mol. The van der Waals surface area contributed by atoms with Crippen LogP contribution in [0.2, 0.25) is 24.7 Å². The molecule has 0 atom stereocenters. The van der Waals surface area contributed by atoms with Gasteiger partial charge in [0.1, 0.15) is 0 Å². The molecule has 0 heterocycles. The Balaban J connectivity index is 3.58. The maximum atomic E-state index is 3.51. The summed E-state index contributed by atoms with van der Waals surface area (Å²) in [6, 6.07) is 4.80. The van der Waals surface area contributed by atoms with Gasteiger partial charge in [-0.05, 0) is 6.42 Å². The Labute approximate surface area is 151 Å². The fraction of sp³-hybridized carbons (Fsp3) is 1.00. The Morgan fingerprint density at radius 3 is 1.32 bits per heavy atom. The molecule has 0 aliphatic carbocycles. The normalized spacial score (nSPS) is 12.0. The second-order valence-electron chi connectivity index (χ2n) is 7.64. The molecule has 0 saturated heterocycles. The quantitative estimate of drug-likeness (QED) is 0.132. The van der Waals surface area contributed by atoms with Gasteiger partial charge in [-0.2, -0.15) is 0 Å². The molecule has 0 nitrogen and oxygen atoms in total. The Morgan fingerprint density at radius 1 is 0.545 bits per heavy atom. The van der Waals surface area contributed by atoms with Gasteiger partial charge in [0.25, 0.3) is 0 Å². The average molecular weight is 392 g/mol. The lowest BCUT2D eigenvalue weighted by Crippen LogP contribution is -2.29. The fourth-order valence-corrected chi connectivity index (χ4v) is 8.13. The van der Waals surface area contributed by atoms with Crippen molar-refractivity contribution in [1.29, 1.82) is 0 Å². The van der Waals surface area contributed by atoms with Gasteiger partial charge in [-0.1, -0.05) is 132 Å². The molecular formula is C20H43BrSi. The van der Waals surface area contributed by atoms with E-state index in [4.69, 9.17) is 0 Å². The van der Waals surface area contributed by atoms with Crippen LogP contribution in [-0.2, 0) is 0 Å². The van der Waals surface area contributed by atoms with Crippen LogP contribution < -0.4 is 0 Å². The summed E-state index contributed by atoms with van der Waals surface area (Å²) in [7, 11) is -0.886. The van der Waals surface area contributed by atoms with Gasteiger partial charge >= 0.3 is 0 Å². The van der Waals surface area contributed by atoms with Crippen LogP contribution in [0.1, 0.15) is 97.3 Å². The molecule has 0 amide bonds. The third-order valence-corrected chi connectivity index (χ3v) is 10.4. The molecule has 0 rings (SSSR count). The lowest BCUT2D eigenvalue weighted by atomic mass is 10.1. The molecule has 22 heavy (non-hydrogen) atoms. The van der Waals surface area contributed by atoms with E-state index in [0.717, 1.165) is 0 Å². The highest BCUT2D eigenvalue weighted by atomic mass is 79.9. The summed E-state index contributed by atoms with van der Waals surface area (Å²) in [5, 5.41) is 1.19. The van der Waals surface area contributed by atoms with E-state index < -0.39 is 8.07 Å². The van der Waals surface area contributed by atoms with E-state index in [9.17, 15) is 0 Å². The maximum absolute atomic E-state index is 3.51. The van der Waals surface area contributed by atoms with Crippen LogP contribution in [0.5, 0.6) is 0 Å². The topological polar surface area (TPSA) is 0 Å². The third kappa shape index (κ3) is 14.3.